The van der Waals surface area contributed by atoms with Gasteiger partial charge in [0.25, 0.3) is 0 Å². The van der Waals surface area contributed by atoms with Crippen LogP contribution >= 0.6 is 0 Å². The largest absolute Gasteiger partial charge is 0.303 e. The fraction of sp³-hybridized carbons (Fsp3) is 0.786. The van der Waals surface area contributed by atoms with Crippen LogP contribution in [0.1, 0.15) is 25.3 Å². The van der Waals surface area contributed by atoms with Gasteiger partial charge in [0.1, 0.15) is 0 Å². The number of hydrogen-bond donors (Lipinski definition) is 1. The van der Waals surface area contributed by atoms with Crippen LogP contribution in [-0.4, -0.2) is 55.5 Å². The Labute approximate surface area is 127 Å². The van der Waals surface area contributed by atoms with Crippen LogP contribution in [0.2, 0.25) is 0 Å². The molecule has 21 heavy (non-hydrogen) atoms. The minimum absolute atomic E-state index is 0.423. The Morgan fingerprint density at radius 3 is 2.95 bits per heavy atom. The fourth-order valence-corrected chi connectivity index (χ4v) is 3.32. The van der Waals surface area contributed by atoms with Crippen molar-refractivity contribution >= 4 is 10.0 Å². The molecule has 2 rings (SSSR count). The number of hydrogen-bond acceptors (Lipinski definition) is 4. The second kappa shape index (κ2) is 7.38. The van der Waals surface area contributed by atoms with Crippen molar-refractivity contribution < 1.29 is 8.42 Å². The summed E-state index contributed by atoms with van der Waals surface area (Å²) in [6.07, 6.45) is 8.52. The van der Waals surface area contributed by atoms with E-state index >= 15 is 0 Å². The van der Waals surface area contributed by atoms with E-state index in [4.69, 9.17) is 0 Å². The van der Waals surface area contributed by atoms with Gasteiger partial charge in [0.2, 0.25) is 10.0 Å². The molecule has 0 unspecified atom stereocenters. The maximum atomic E-state index is 11.2. The lowest BCUT2D eigenvalue weighted by Crippen LogP contribution is -2.41. The predicted molar refractivity (Wildman–Crippen MR) is 83.6 cm³/mol. The number of nitrogens with zero attached hydrogens (tertiary/aromatic N) is 3. The van der Waals surface area contributed by atoms with Crippen LogP contribution in [0, 0.1) is 5.92 Å². The van der Waals surface area contributed by atoms with E-state index in [9.17, 15) is 8.42 Å². The highest BCUT2D eigenvalue weighted by Gasteiger charge is 2.20. The molecule has 1 aliphatic rings. The lowest BCUT2D eigenvalue weighted by molar-refractivity contribution is 0.178. The molecule has 1 aliphatic heterocycles. The molecule has 1 aromatic rings. The molecule has 0 aromatic carbocycles. The van der Waals surface area contributed by atoms with Gasteiger partial charge in [-0.15, -0.1) is 0 Å². The Kier molecular flexibility index (Phi) is 5.78. The molecule has 0 saturated carbocycles. The summed E-state index contributed by atoms with van der Waals surface area (Å²) < 4.78 is 26.9. The Bertz CT molecular complexity index is 541. The maximum absolute atomic E-state index is 11.2. The summed E-state index contributed by atoms with van der Waals surface area (Å²) in [4.78, 5) is 2.43. The molecule has 120 valence electrons. The van der Waals surface area contributed by atoms with Crippen molar-refractivity contribution in [2.45, 2.75) is 32.7 Å². The Morgan fingerprint density at radius 1 is 1.48 bits per heavy atom. The first kappa shape index (κ1) is 16.5. The van der Waals surface area contributed by atoms with Gasteiger partial charge in [-0.1, -0.05) is 0 Å². The van der Waals surface area contributed by atoms with Crippen molar-refractivity contribution in [2.75, 3.05) is 32.4 Å². The fourth-order valence-electron chi connectivity index (χ4n) is 2.79. The smallest absolute Gasteiger partial charge is 0.208 e. The van der Waals surface area contributed by atoms with E-state index in [-0.39, 0.29) is 0 Å². The molecule has 0 radical (unpaired) electrons. The van der Waals surface area contributed by atoms with Crippen LogP contribution in [0.15, 0.2) is 12.4 Å². The lowest BCUT2D eigenvalue weighted by Gasteiger charge is -2.32. The van der Waals surface area contributed by atoms with Gasteiger partial charge in [0.15, 0.2) is 0 Å². The molecule has 0 aliphatic carbocycles. The summed E-state index contributed by atoms with van der Waals surface area (Å²) >= 11 is 0. The SMILES string of the molecule is CCn1cc(CCN2CCC[C@@H](CNS(C)(=O)=O)C2)cn1. The molecule has 0 spiro atoms. The van der Waals surface area contributed by atoms with Crippen LogP contribution in [0.5, 0.6) is 0 Å². The van der Waals surface area contributed by atoms with E-state index < -0.39 is 10.0 Å². The average Bonchev–Trinajstić information content (AvgIpc) is 2.91. The first-order valence-corrected chi connectivity index (χ1v) is 9.53. The number of aryl methyl sites for hydroxylation is 1. The molecule has 0 amide bonds. The molecular weight excluding hydrogens is 288 g/mol. The van der Waals surface area contributed by atoms with Crippen LogP contribution in [0.25, 0.3) is 0 Å². The molecule has 7 heteroatoms. The number of piperidine rings is 1. The van der Waals surface area contributed by atoms with E-state index in [0.29, 0.717) is 12.5 Å². The second-order valence-corrected chi connectivity index (χ2v) is 7.72. The zero-order chi connectivity index (χ0) is 15.3. The highest BCUT2D eigenvalue weighted by molar-refractivity contribution is 7.88. The van der Waals surface area contributed by atoms with Gasteiger partial charge in [-0.2, -0.15) is 5.10 Å². The van der Waals surface area contributed by atoms with Gasteiger partial charge in [-0.05, 0) is 44.2 Å². The normalized spacial score (nSPS) is 20.8. The van der Waals surface area contributed by atoms with Gasteiger partial charge in [-0.3, -0.25) is 4.68 Å². The molecule has 1 atom stereocenters. The van der Waals surface area contributed by atoms with E-state index in [1.165, 1.54) is 11.8 Å². The van der Waals surface area contributed by atoms with E-state index in [0.717, 1.165) is 45.4 Å². The van der Waals surface area contributed by atoms with Gasteiger partial charge >= 0.3 is 0 Å². The van der Waals surface area contributed by atoms with Crippen molar-refractivity contribution in [1.29, 1.82) is 0 Å². The number of aromatic nitrogens is 2. The standard InChI is InChI=1S/C14H26N4O2S/c1-3-18-12-14(9-15-18)6-8-17-7-4-5-13(11-17)10-16-21(2,19)20/h9,12-13,16H,3-8,10-11H2,1-2H3/t13-/m0/s1. The number of sulfonamides is 1. The van der Waals surface area contributed by atoms with Crippen molar-refractivity contribution in [3.05, 3.63) is 18.0 Å². The zero-order valence-electron chi connectivity index (χ0n) is 13.0. The zero-order valence-corrected chi connectivity index (χ0v) is 13.8. The van der Waals surface area contributed by atoms with E-state index in [2.05, 4.69) is 27.8 Å². The third kappa shape index (κ3) is 5.76. The third-order valence-corrected chi connectivity index (χ3v) is 4.66. The van der Waals surface area contributed by atoms with E-state index in [1.54, 1.807) is 0 Å². The van der Waals surface area contributed by atoms with Crippen molar-refractivity contribution in [1.82, 2.24) is 19.4 Å². The second-order valence-electron chi connectivity index (χ2n) is 5.88. The van der Waals surface area contributed by atoms with Crippen LogP contribution < -0.4 is 4.72 Å². The van der Waals surface area contributed by atoms with Crippen LogP contribution in [0.3, 0.4) is 0 Å². The summed E-state index contributed by atoms with van der Waals surface area (Å²) in [5.41, 5.74) is 1.27. The molecular formula is C14H26N4O2S. The summed E-state index contributed by atoms with van der Waals surface area (Å²) in [7, 11) is -3.08. The maximum Gasteiger partial charge on any atom is 0.208 e. The molecule has 0 bridgehead atoms. The third-order valence-electron chi connectivity index (χ3n) is 3.96. The monoisotopic (exact) mass is 314 g/mol. The van der Waals surface area contributed by atoms with Crippen LogP contribution in [-0.2, 0) is 23.0 Å². The van der Waals surface area contributed by atoms with Gasteiger partial charge in [-0.25, -0.2) is 13.1 Å². The predicted octanol–water partition coefficient (Wildman–Crippen LogP) is 0.707. The van der Waals surface area contributed by atoms with Crippen molar-refractivity contribution in [2.24, 2.45) is 5.92 Å². The highest BCUT2D eigenvalue weighted by atomic mass is 32.2. The van der Waals surface area contributed by atoms with Gasteiger partial charge in [0.05, 0.1) is 12.5 Å². The Morgan fingerprint density at radius 2 is 2.29 bits per heavy atom. The lowest BCUT2D eigenvalue weighted by atomic mass is 9.98. The highest BCUT2D eigenvalue weighted by Crippen LogP contribution is 2.16. The van der Waals surface area contributed by atoms with Crippen molar-refractivity contribution in [3.63, 3.8) is 0 Å². The minimum atomic E-state index is -3.08. The first-order chi connectivity index (χ1) is 9.96. The van der Waals surface area contributed by atoms with E-state index in [1.807, 2.05) is 10.9 Å². The molecule has 1 saturated heterocycles. The Balaban J connectivity index is 1.75. The quantitative estimate of drug-likeness (QED) is 0.805. The van der Waals surface area contributed by atoms with Gasteiger partial charge < -0.3 is 4.90 Å². The molecule has 1 N–H and O–H groups in total. The van der Waals surface area contributed by atoms with Gasteiger partial charge in [0, 0.05) is 32.4 Å². The summed E-state index contributed by atoms with van der Waals surface area (Å²) in [5, 5.41) is 4.29. The topological polar surface area (TPSA) is 67.2 Å². The summed E-state index contributed by atoms with van der Waals surface area (Å²) in [6.45, 7) is 6.65. The Hall–Kier alpha value is -0.920. The summed E-state index contributed by atoms with van der Waals surface area (Å²) in [5.74, 6) is 0.423. The van der Waals surface area contributed by atoms with Crippen molar-refractivity contribution in [3.8, 4) is 0 Å². The molecule has 6 nitrogen and oxygen atoms in total. The number of nitrogens with one attached hydrogen (secondary N) is 1. The summed E-state index contributed by atoms with van der Waals surface area (Å²) in [6, 6.07) is 0. The average molecular weight is 314 g/mol. The molecule has 1 aromatic heterocycles. The number of likely N-dealkylation sites (tertiary alicyclic amines) is 1. The minimum Gasteiger partial charge on any atom is -0.303 e. The molecule has 1 fully saturated rings. The first-order valence-electron chi connectivity index (χ1n) is 7.64. The molecule has 2 heterocycles. The number of rotatable bonds is 7. The van der Waals surface area contributed by atoms with Crippen LogP contribution in [0.4, 0.5) is 0 Å².